The highest BCUT2D eigenvalue weighted by Gasteiger charge is 2.48. The highest BCUT2D eigenvalue weighted by atomic mass is 16.7. The van der Waals surface area contributed by atoms with Gasteiger partial charge < -0.3 is 69.6 Å². The number of aliphatic hydroxyl groups is 7. The number of aromatic hydroxyl groups is 2. The number of esters is 1. The lowest BCUT2D eigenvalue weighted by Crippen LogP contribution is -2.61. The van der Waals surface area contributed by atoms with Gasteiger partial charge in [-0.1, -0.05) is 20.9 Å². The molecule has 15 heteroatoms. The van der Waals surface area contributed by atoms with Gasteiger partial charge in [0.25, 0.3) is 0 Å². The third-order valence-electron chi connectivity index (χ3n) is 6.27. The van der Waals surface area contributed by atoms with E-state index >= 15 is 0 Å². The fourth-order valence-electron chi connectivity index (χ4n) is 4.14. The largest absolute Gasteiger partial charge is 0.504 e. The molecule has 0 spiro atoms. The minimum Gasteiger partial charge on any atom is -0.504 e. The van der Waals surface area contributed by atoms with E-state index in [1.807, 2.05) is 0 Å². The summed E-state index contributed by atoms with van der Waals surface area (Å²) in [5.41, 5.74) is -0.814. The number of carbonyl (C=O) groups excluding carboxylic acids is 1. The monoisotopic (exact) mass is 666 g/mol. The second-order valence-corrected chi connectivity index (χ2v) is 12.3. The maximum Gasteiger partial charge on any atom is 0.331 e. The number of hydrogen-bond donors (Lipinski definition) is 9. The van der Waals surface area contributed by atoms with E-state index in [1.54, 1.807) is 41.5 Å². The number of rotatable bonds is 7. The SMILES string of the molecule is C.C.CC(C)(C)OC1OC(CO)C(O)C(O)C1O.CC(C)(C)OC1OC(CO)C(OC(=O)/C=C/c2ccc(O)c(O)c2)C(O)C1O. The van der Waals surface area contributed by atoms with Crippen molar-refractivity contribution >= 4 is 12.0 Å². The summed E-state index contributed by atoms with van der Waals surface area (Å²) in [5.74, 6) is -1.50. The lowest BCUT2D eigenvalue weighted by Gasteiger charge is -2.43. The topological polar surface area (TPSA) is 245 Å². The summed E-state index contributed by atoms with van der Waals surface area (Å²) in [4.78, 5) is 12.1. The normalized spacial score (nSPS) is 31.6. The molecular weight excluding hydrogens is 612 g/mol. The van der Waals surface area contributed by atoms with Crippen LogP contribution in [0, 0.1) is 0 Å². The summed E-state index contributed by atoms with van der Waals surface area (Å²) in [6.07, 6.45) is -10.3. The van der Waals surface area contributed by atoms with Crippen molar-refractivity contribution < 1.29 is 74.4 Å². The fourth-order valence-corrected chi connectivity index (χ4v) is 4.14. The smallest absolute Gasteiger partial charge is 0.331 e. The molecule has 10 atom stereocenters. The Kier molecular flexibility index (Phi) is 17.3. The van der Waals surface area contributed by atoms with E-state index in [1.165, 1.54) is 24.3 Å². The van der Waals surface area contributed by atoms with Crippen LogP contribution in [0.3, 0.4) is 0 Å². The molecule has 2 saturated heterocycles. The molecule has 9 N–H and O–H groups in total. The van der Waals surface area contributed by atoms with Gasteiger partial charge in [-0.2, -0.15) is 0 Å². The third-order valence-corrected chi connectivity index (χ3v) is 6.27. The van der Waals surface area contributed by atoms with Gasteiger partial charge in [-0.05, 0) is 65.3 Å². The summed E-state index contributed by atoms with van der Waals surface area (Å²) in [5, 5.41) is 86.4. The predicted octanol–water partition coefficient (Wildman–Crippen LogP) is 0.151. The van der Waals surface area contributed by atoms with E-state index in [9.17, 15) is 45.6 Å². The number of aliphatic hydroxyl groups excluding tert-OH is 7. The highest BCUT2D eigenvalue weighted by Crippen LogP contribution is 2.29. The molecule has 0 saturated carbocycles. The minimum atomic E-state index is -1.53. The molecular formula is C31H54O15. The molecule has 15 nitrogen and oxygen atoms in total. The Labute approximate surface area is 270 Å². The predicted molar refractivity (Wildman–Crippen MR) is 165 cm³/mol. The molecule has 0 amide bonds. The molecule has 0 aliphatic carbocycles. The molecule has 0 bridgehead atoms. The van der Waals surface area contributed by atoms with Crippen molar-refractivity contribution in [2.24, 2.45) is 0 Å². The van der Waals surface area contributed by atoms with Crippen molar-refractivity contribution in [1.82, 2.24) is 0 Å². The van der Waals surface area contributed by atoms with Gasteiger partial charge in [0.1, 0.15) is 42.7 Å². The van der Waals surface area contributed by atoms with Crippen LogP contribution in [-0.4, -0.2) is 138 Å². The van der Waals surface area contributed by atoms with E-state index in [-0.39, 0.29) is 26.4 Å². The van der Waals surface area contributed by atoms with Crippen molar-refractivity contribution in [3.8, 4) is 11.5 Å². The van der Waals surface area contributed by atoms with Crippen LogP contribution in [-0.2, 0) is 28.5 Å². The van der Waals surface area contributed by atoms with Crippen LogP contribution in [0.4, 0.5) is 0 Å². The average molecular weight is 667 g/mol. The molecule has 3 rings (SSSR count). The lowest BCUT2D eigenvalue weighted by atomic mass is 9.98. The molecule has 2 aliphatic heterocycles. The van der Waals surface area contributed by atoms with Gasteiger partial charge in [0.05, 0.1) is 24.4 Å². The zero-order valence-electron chi connectivity index (χ0n) is 25.5. The molecule has 46 heavy (non-hydrogen) atoms. The molecule has 0 radical (unpaired) electrons. The standard InChI is InChI=1S/C19H26O9.C10H20O6.2CH4/c1-19(2,3)28-18-16(25)15(24)17(13(9-20)26-18)27-14(23)7-5-10-4-6-11(21)12(22)8-10;1-10(2,3)16-9-8(14)7(13)6(12)5(4-11)15-9;;/h4-8,13,15-18,20-22,24-25H,9H2,1-3H3;5-9,11-14H,4H2,1-3H3;2*1H4/b7-5+;;;. The van der Waals surface area contributed by atoms with Gasteiger partial charge in [-0.15, -0.1) is 0 Å². The average Bonchev–Trinajstić information content (AvgIpc) is 2.92. The molecule has 268 valence electrons. The van der Waals surface area contributed by atoms with Crippen LogP contribution in [0.5, 0.6) is 11.5 Å². The first-order valence-corrected chi connectivity index (χ1v) is 14.0. The maximum absolute atomic E-state index is 12.1. The van der Waals surface area contributed by atoms with Crippen LogP contribution in [0.1, 0.15) is 62.0 Å². The molecule has 2 fully saturated rings. The van der Waals surface area contributed by atoms with Crippen molar-refractivity contribution in [3.63, 3.8) is 0 Å². The quantitative estimate of drug-likeness (QED) is 0.107. The van der Waals surface area contributed by atoms with Crippen molar-refractivity contribution in [1.29, 1.82) is 0 Å². The summed E-state index contributed by atoms with van der Waals surface area (Å²) in [7, 11) is 0. The number of hydrogen-bond acceptors (Lipinski definition) is 15. The zero-order valence-corrected chi connectivity index (χ0v) is 25.5. The molecule has 1 aromatic carbocycles. The first kappa shape index (κ1) is 43.6. The first-order valence-electron chi connectivity index (χ1n) is 14.0. The highest BCUT2D eigenvalue weighted by molar-refractivity contribution is 5.87. The zero-order chi connectivity index (χ0) is 33.6. The number of phenolic OH excluding ortho intramolecular Hbond substituents is 2. The number of ether oxygens (including phenoxy) is 5. The second-order valence-electron chi connectivity index (χ2n) is 12.3. The van der Waals surface area contributed by atoms with Gasteiger partial charge in [0.15, 0.2) is 30.2 Å². The van der Waals surface area contributed by atoms with Gasteiger partial charge >= 0.3 is 5.97 Å². The molecule has 0 aromatic heterocycles. The number of benzene rings is 1. The summed E-state index contributed by atoms with van der Waals surface area (Å²) < 4.78 is 26.7. The fraction of sp³-hybridized carbons (Fsp3) is 0.710. The lowest BCUT2D eigenvalue weighted by molar-refractivity contribution is -0.321. The minimum absolute atomic E-state index is 0. The van der Waals surface area contributed by atoms with Crippen molar-refractivity contribution in [3.05, 3.63) is 29.8 Å². The Hall–Kier alpha value is -2.41. The Morgan fingerprint density at radius 3 is 1.67 bits per heavy atom. The Morgan fingerprint density at radius 1 is 0.739 bits per heavy atom. The summed E-state index contributed by atoms with van der Waals surface area (Å²) in [6.45, 7) is 9.51. The number of phenols is 2. The van der Waals surface area contributed by atoms with Crippen molar-refractivity contribution in [2.45, 2.75) is 129 Å². The maximum atomic E-state index is 12.1. The van der Waals surface area contributed by atoms with Crippen molar-refractivity contribution in [2.75, 3.05) is 13.2 Å². The van der Waals surface area contributed by atoms with E-state index in [0.29, 0.717) is 5.56 Å². The summed E-state index contributed by atoms with van der Waals surface area (Å²) >= 11 is 0. The Balaban J connectivity index is 0.000000965. The Bertz CT molecular complexity index is 1080. The van der Waals surface area contributed by atoms with E-state index < -0.39 is 91.8 Å². The third kappa shape index (κ3) is 12.7. The van der Waals surface area contributed by atoms with E-state index in [2.05, 4.69) is 0 Å². The van der Waals surface area contributed by atoms with Crippen LogP contribution >= 0.6 is 0 Å². The first-order chi connectivity index (χ1) is 20.3. The van der Waals surface area contributed by atoms with E-state index in [0.717, 1.165) is 6.08 Å². The van der Waals surface area contributed by atoms with Gasteiger partial charge in [0.2, 0.25) is 0 Å². The second kappa shape index (κ2) is 18.2. The van der Waals surface area contributed by atoms with Gasteiger partial charge in [-0.25, -0.2) is 4.79 Å². The van der Waals surface area contributed by atoms with Crippen LogP contribution in [0.25, 0.3) is 6.08 Å². The summed E-state index contributed by atoms with van der Waals surface area (Å²) in [6, 6.07) is 3.96. The van der Waals surface area contributed by atoms with Crippen LogP contribution < -0.4 is 0 Å². The van der Waals surface area contributed by atoms with Gasteiger partial charge in [0, 0.05) is 6.08 Å². The van der Waals surface area contributed by atoms with Crippen LogP contribution in [0.2, 0.25) is 0 Å². The van der Waals surface area contributed by atoms with Gasteiger partial charge in [-0.3, -0.25) is 0 Å². The molecule has 10 unspecified atom stereocenters. The molecule has 2 heterocycles. The Morgan fingerprint density at radius 2 is 1.22 bits per heavy atom. The van der Waals surface area contributed by atoms with Crippen LogP contribution in [0.15, 0.2) is 24.3 Å². The molecule has 2 aliphatic rings. The molecule has 1 aromatic rings. The number of carbonyl (C=O) groups is 1. The van der Waals surface area contributed by atoms with E-state index in [4.69, 9.17) is 28.8 Å².